The molecule has 25 heavy (non-hydrogen) atoms. The summed E-state index contributed by atoms with van der Waals surface area (Å²) in [6.07, 6.45) is 1.48. The monoisotopic (exact) mass is 356 g/mol. The molecule has 0 fully saturated rings. The lowest BCUT2D eigenvalue weighted by atomic mass is 10.1. The molecule has 0 aliphatic carbocycles. The maximum atomic E-state index is 13.1. The summed E-state index contributed by atoms with van der Waals surface area (Å²) >= 11 is 1.39. The van der Waals surface area contributed by atoms with Crippen LogP contribution >= 0.6 is 11.3 Å². The third-order valence-corrected chi connectivity index (χ3v) is 4.40. The molecule has 2 aromatic carbocycles. The summed E-state index contributed by atoms with van der Waals surface area (Å²) in [7, 11) is 1.84. The van der Waals surface area contributed by atoms with Crippen LogP contribution in [-0.4, -0.2) is 15.7 Å². The van der Waals surface area contributed by atoms with Gasteiger partial charge in [-0.3, -0.25) is 10.1 Å². The molecule has 3 rings (SSSR count). The van der Waals surface area contributed by atoms with E-state index in [1.165, 1.54) is 41.8 Å². The Bertz CT molecular complexity index is 1010. The molecule has 0 aliphatic heterocycles. The Kier molecular flexibility index (Phi) is 4.80. The van der Waals surface area contributed by atoms with Gasteiger partial charge >= 0.3 is 0 Å². The smallest absolute Gasteiger partial charge is 0.269 e. The van der Waals surface area contributed by atoms with E-state index < -0.39 is 4.92 Å². The van der Waals surface area contributed by atoms with Crippen LogP contribution in [0.15, 0.2) is 64.1 Å². The third-order valence-electron chi connectivity index (χ3n) is 3.50. The van der Waals surface area contributed by atoms with E-state index >= 15 is 0 Å². The van der Waals surface area contributed by atoms with Crippen molar-refractivity contribution in [3.05, 3.63) is 80.2 Å². The van der Waals surface area contributed by atoms with Crippen molar-refractivity contribution in [3.63, 3.8) is 0 Å². The topological polar surface area (TPSA) is 72.8 Å². The van der Waals surface area contributed by atoms with E-state index in [1.54, 1.807) is 24.3 Å². The zero-order chi connectivity index (χ0) is 17.8. The van der Waals surface area contributed by atoms with Gasteiger partial charge in [0, 0.05) is 24.6 Å². The van der Waals surface area contributed by atoms with Crippen LogP contribution in [0.5, 0.6) is 0 Å². The maximum Gasteiger partial charge on any atom is 0.269 e. The molecule has 0 N–H and O–H groups in total. The zero-order valence-corrected chi connectivity index (χ0v) is 14.0. The zero-order valence-electron chi connectivity index (χ0n) is 13.2. The number of hydrogen-bond donors (Lipinski definition) is 0. The van der Waals surface area contributed by atoms with Gasteiger partial charge in [0.25, 0.3) is 5.69 Å². The van der Waals surface area contributed by atoms with Gasteiger partial charge in [-0.05, 0) is 35.4 Å². The summed E-state index contributed by atoms with van der Waals surface area (Å²) in [5.74, 6) is -0.328. The summed E-state index contributed by atoms with van der Waals surface area (Å²) in [6.45, 7) is 0. The van der Waals surface area contributed by atoms with Crippen molar-refractivity contribution in [1.29, 1.82) is 0 Å². The number of rotatable bonds is 4. The number of non-ortho nitro benzene ring substituents is 1. The van der Waals surface area contributed by atoms with Crippen LogP contribution < -0.4 is 4.80 Å². The molecule has 0 spiro atoms. The number of thiazole rings is 1. The SMILES string of the molecule is Cn1c(-c2ccc([N+](=O)[O-])cc2)csc1=NN=Cc1cccc(F)c1. The van der Waals surface area contributed by atoms with Crippen LogP contribution in [0.2, 0.25) is 0 Å². The van der Waals surface area contributed by atoms with Crippen LogP contribution in [-0.2, 0) is 7.05 Å². The largest absolute Gasteiger partial charge is 0.318 e. The Morgan fingerprint density at radius 3 is 2.68 bits per heavy atom. The fourth-order valence-electron chi connectivity index (χ4n) is 2.21. The molecule has 0 saturated heterocycles. The Labute approximate surface area is 146 Å². The number of aromatic nitrogens is 1. The molecular weight excluding hydrogens is 343 g/mol. The Morgan fingerprint density at radius 2 is 2.00 bits per heavy atom. The molecule has 0 aliphatic rings. The molecule has 0 radical (unpaired) electrons. The fraction of sp³-hybridized carbons (Fsp3) is 0.0588. The molecule has 3 aromatic rings. The number of nitrogens with zero attached hydrogens (tertiary/aromatic N) is 4. The normalized spacial score (nSPS) is 12.0. The second-order valence-corrected chi connectivity index (χ2v) is 6.00. The summed E-state index contributed by atoms with van der Waals surface area (Å²) in [5.41, 5.74) is 2.39. The number of nitro groups is 1. The molecule has 8 heteroatoms. The van der Waals surface area contributed by atoms with Crippen LogP contribution in [0, 0.1) is 15.9 Å². The highest BCUT2D eigenvalue weighted by molar-refractivity contribution is 7.07. The summed E-state index contributed by atoms with van der Waals surface area (Å²) in [6, 6.07) is 12.4. The number of benzene rings is 2. The Morgan fingerprint density at radius 1 is 1.24 bits per heavy atom. The standard InChI is InChI=1S/C17H13FN4O2S/c1-21-16(13-5-7-15(8-6-13)22(23)24)11-25-17(21)20-19-10-12-3-2-4-14(18)9-12/h2-11H,1H3. The van der Waals surface area contributed by atoms with Crippen molar-refractivity contribution in [1.82, 2.24) is 4.57 Å². The Hall–Kier alpha value is -3.13. The molecule has 0 atom stereocenters. The average molecular weight is 356 g/mol. The molecule has 126 valence electrons. The van der Waals surface area contributed by atoms with Crippen molar-refractivity contribution in [2.24, 2.45) is 17.3 Å². The van der Waals surface area contributed by atoms with Gasteiger partial charge in [-0.15, -0.1) is 16.4 Å². The number of hydrogen-bond acceptors (Lipinski definition) is 5. The summed E-state index contributed by atoms with van der Waals surface area (Å²) in [5, 5.41) is 20.8. The first kappa shape index (κ1) is 16.7. The third kappa shape index (κ3) is 3.86. The van der Waals surface area contributed by atoms with Crippen LogP contribution in [0.25, 0.3) is 11.3 Å². The van der Waals surface area contributed by atoms with Gasteiger partial charge < -0.3 is 4.57 Å². The van der Waals surface area contributed by atoms with Gasteiger partial charge in [0.2, 0.25) is 4.80 Å². The molecule has 1 aromatic heterocycles. The second kappa shape index (κ2) is 7.18. The van der Waals surface area contributed by atoms with Crippen molar-refractivity contribution in [2.75, 3.05) is 0 Å². The van der Waals surface area contributed by atoms with Crippen molar-refractivity contribution in [3.8, 4) is 11.3 Å². The van der Waals surface area contributed by atoms with Crippen molar-refractivity contribution >= 4 is 23.2 Å². The number of nitro benzene ring substituents is 1. The van der Waals surface area contributed by atoms with E-state index in [2.05, 4.69) is 10.2 Å². The van der Waals surface area contributed by atoms with Gasteiger partial charge in [0.05, 0.1) is 16.8 Å². The highest BCUT2D eigenvalue weighted by Crippen LogP contribution is 2.22. The van der Waals surface area contributed by atoms with Gasteiger partial charge in [-0.2, -0.15) is 5.10 Å². The minimum Gasteiger partial charge on any atom is -0.318 e. The Balaban J connectivity index is 1.86. The van der Waals surface area contributed by atoms with Gasteiger partial charge in [-0.1, -0.05) is 12.1 Å². The predicted octanol–water partition coefficient (Wildman–Crippen LogP) is 3.74. The molecule has 0 bridgehead atoms. The quantitative estimate of drug-likeness (QED) is 0.406. The van der Waals surface area contributed by atoms with Crippen molar-refractivity contribution in [2.45, 2.75) is 0 Å². The first-order valence-electron chi connectivity index (χ1n) is 7.26. The highest BCUT2D eigenvalue weighted by Gasteiger charge is 2.08. The van der Waals surface area contributed by atoms with E-state index in [0.717, 1.165) is 11.3 Å². The lowest BCUT2D eigenvalue weighted by molar-refractivity contribution is -0.384. The van der Waals surface area contributed by atoms with E-state index in [1.807, 2.05) is 17.0 Å². The minimum atomic E-state index is -0.431. The first-order valence-corrected chi connectivity index (χ1v) is 8.14. The molecule has 0 saturated carbocycles. The molecule has 0 unspecified atom stereocenters. The fourth-order valence-corrected chi connectivity index (χ4v) is 3.07. The van der Waals surface area contributed by atoms with E-state index in [4.69, 9.17) is 0 Å². The summed E-state index contributed by atoms with van der Waals surface area (Å²) < 4.78 is 15.0. The van der Waals surface area contributed by atoms with Gasteiger partial charge in [0.15, 0.2) is 0 Å². The van der Waals surface area contributed by atoms with Gasteiger partial charge in [0.1, 0.15) is 5.82 Å². The average Bonchev–Trinajstić information content (AvgIpc) is 2.96. The molecule has 1 heterocycles. The first-order chi connectivity index (χ1) is 12.0. The highest BCUT2D eigenvalue weighted by atomic mass is 32.1. The molecule has 0 amide bonds. The predicted molar refractivity (Wildman–Crippen MR) is 94.9 cm³/mol. The van der Waals surface area contributed by atoms with Crippen LogP contribution in [0.4, 0.5) is 10.1 Å². The van der Waals surface area contributed by atoms with E-state index in [-0.39, 0.29) is 11.5 Å². The van der Waals surface area contributed by atoms with Crippen LogP contribution in [0.3, 0.4) is 0 Å². The lowest BCUT2D eigenvalue weighted by Gasteiger charge is -2.02. The van der Waals surface area contributed by atoms with E-state index in [9.17, 15) is 14.5 Å². The van der Waals surface area contributed by atoms with Gasteiger partial charge in [-0.25, -0.2) is 4.39 Å². The molecular formula is C17H13FN4O2S. The lowest BCUT2D eigenvalue weighted by Crippen LogP contribution is -2.10. The van der Waals surface area contributed by atoms with E-state index in [0.29, 0.717) is 10.4 Å². The van der Waals surface area contributed by atoms with Crippen molar-refractivity contribution < 1.29 is 9.31 Å². The maximum absolute atomic E-state index is 13.1. The second-order valence-electron chi connectivity index (χ2n) is 5.17. The van der Waals surface area contributed by atoms with Crippen LogP contribution in [0.1, 0.15) is 5.56 Å². The molecule has 6 nitrogen and oxygen atoms in total. The number of halogens is 1. The minimum absolute atomic E-state index is 0.0474. The summed E-state index contributed by atoms with van der Waals surface area (Å²) in [4.78, 5) is 10.9.